The molecule has 0 unspecified atom stereocenters. The topological polar surface area (TPSA) is 51.9 Å². The van der Waals surface area contributed by atoms with Crippen LogP contribution in [0, 0.1) is 0 Å². The number of morpholine rings is 1. The van der Waals surface area contributed by atoms with Crippen LogP contribution in [0.25, 0.3) is 0 Å². The first-order chi connectivity index (χ1) is 8.83. The van der Waals surface area contributed by atoms with Crippen LogP contribution in [0.5, 0.6) is 0 Å². The highest BCUT2D eigenvalue weighted by Crippen LogP contribution is 2.29. The molecule has 1 aromatic rings. The second kappa shape index (κ2) is 5.12. The van der Waals surface area contributed by atoms with Gasteiger partial charge in [0, 0.05) is 32.0 Å². The van der Waals surface area contributed by atoms with Gasteiger partial charge in [-0.3, -0.25) is 4.90 Å². The lowest BCUT2D eigenvalue weighted by Gasteiger charge is -2.43. The van der Waals surface area contributed by atoms with Gasteiger partial charge in [0.2, 0.25) is 0 Å². The molecule has 18 heavy (non-hydrogen) atoms. The van der Waals surface area contributed by atoms with E-state index in [1.54, 1.807) is 6.07 Å². The molecule has 0 atom stereocenters. The average Bonchev–Trinajstić information content (AvgIpc) is 2.88. The van der Waals surface area contributed by atoms with Gasteiger partial charge in [0.15, 0.2) is 0 Å². The van der Waals surface area contributed by atoms with Crippen LogP contribution < -0.4 is 0 Å². The molecular weight excluding hydrogens is 234 g/mol. The molecule has 2 fully saturated rings. The van der Waals surface area contributed by atoms with Crippen LogP contribution >= 0.6 is 0 Å². The van der Waals surface area contributed by atoms with E-state index in [9.17, 15) is 4.79 Å². The Kier molecular flexibility index (Phi) is 3.34. The second-order valence-corrected chi connectivity index (χ2v) is 4.81. The van der Waals surface area contributed by atoms with Gasteiger partial charge in [-0.25, -0.2) is 4.79 Å². The maximum absolute atomic E-state index is 11.7. The van der Waals surface area contributed by atoms with Crippen LogP contribution in [0.3, 0.4) is 0 Å². The molecule has 0 amide bonds. The minimum Gasteiger partial charge on any atom is -0.472 e. The minimum atomic E-state index is -0.283. The van der Waals surface area contributed by atoms with Crippen molar-refractivity contribution in [2.45, 2.75) is 25.0 Å². The van der Waals surface area contributed by atoms with E-state index in [2.05, 4.69) is 4.90 Å². The lowest BCUT2D eigenvalue weighted by molar-refractivity contribution is -0.0566. The molecule has 0 spiro atoms. The maximum Gasteiger partial charge on any atom is 0.341 e. The van der Waals surface area contributed by atoms with Crippen molar-refractivity contribution in [3.8, 4) is 0 Å². The average molecular weight is 251 g/mol. The monoisotopic (exact) mass is 251 g/mol. The summed E-state index contributed by atoms with van der Waals surface area (Å²) in [4.78, 5) is 14.1. The first-order valence-corrected chi connectivity index (χ1v) is 6.38. The third kappa shape index (κ3) is 2.42. The summed E-state index contributed by atoms with van der Waals surface area (Å²) in [5.74, 6) is -0.283. The number of furan rings is 1. The Bertz CT molecular complexity index is 391. The van der Waals surface area contributed by atoms with Crippen molar-refractivity contribution in [3.63, 3.8) is 0 Å². The van der Waals surface area contributed by atoms with Crippen LogP contribution in [0.15, 0.2) is 23.0 Å². The zero-order valence-corrected chi connectivity index (χ0v) is 10.2. The Labute approximate surface area is 106 Å². The zero-order valence-electron chi connectivity index (χ0n) is 10.2. The lowest BCUT2D eigenvalue weighted by atomic mass is 9.87. The van der Waals surface area contributed by atoms with Gasteiger partial charge < -0.3 is 13.9 Å². The van der Waals surface area contributed by atoms with Gasteiger partial charge in [0.1, 0.15) is 12.4 Å². The molecule has 0 bridgehead atoms. The Hall–Kier alpha value is -1.33. The molecule has 5 nitrogen and oxygen atoms in total. The third-order valence-corrected chi connectivity index (χ3v) is 3.66. The highest BCUT2D eigenvalue weighted by Gasteiger charge is 2.36. The number of esters is 1. The van der Waals surface area contributed by atoms with Gasteiger partial charge in [-0.15, -0.1) is 0 Å². The molecule has 1 aromatic heterocycles. The van der Waals surface area contributed by atoms with E-state index >= 15 is 0 Å². The van der Waals surface area contributed by atoms with Gasteiger partial charge in [-0.05, 0) is 6.07 Å². The Morgan fingerprint density at radius 2 is 2.11 bits per heavy atom. The summed E-state index contributed by atoms with van der Waals surface area (Å²) in [6.45, 7) is 3.62. The van der Waals surface area contributed by atoms with E-state index in [0.717, 1.165) is 39.1 Å². The third-order valence-electron chi connectivity index (χ3n) is 3.66. The summed E-state index contributed by atoms with van der Waals surface area (Å²) in [6.07, 6.45) is 4.82. The van der Waals surface area contributed by atoms with Crippen molar-refractivity contribution in [1.82, 2.24) is 4.90 Å². The second-order valence-electron chi connectivity index (χ2n) is 4.81. The van der Waals surface area contributed by atoms with E-state index in [4.69, 9.17) is 13.9 Å². The fourth-order valence-corrected chi connectivity index (χ4v) is 2.47. The molecule has 2 aliphatic rings. The Balaban J connectivity index is 1.43. The smallest absolute Gasteiger partial charge is 0.341 e. The van der Waals surface area contributed by atoms with Crippen LogP contribution in [-0.2, 0) is 9.47 Å². The highest BCUT2D eigenvalue weighted by atomic mass is 16.5. The predicted molar refractivity (Wildman–Crippen MR) is 63.3 cm³/mol. The minimum absolute atomic E-state index is 0.0558. The molecule has 1 saturated heterocycles. The molecule has 98 valence electrons. The van der Waals surface area contributed by atoms with Crippen molar-refractivity contribution >= 4 is 5.97 Å². The molecule has 1 saturated carbocycles. The van der Waals surface area contributed by atoms with E-state index in [0.29, 0.717) is 11.6 Å². The fraction of sp³-hybridized carbons (Fsp3) is 0.615. The van der Waals surface area contributed by atoms with Gasteiger partial charge >= 0.3 is 5.97 Å². The maximum atomic E-state index is 11.7. The predicted octanol–water partition coefficient (Wildman–Crippen LogP) is 1.30. The van der Waals surface area contributed by atoms with Crippen molar-refractivity contribution in [3.05, 3.63) is 24.2 Å². The summed E-state index contributed by atoms with van der Waals surface area (Å²) >= 11 is 0. The quantitative estimate of drug-likeness (QED) is 0.758. The Morgan fingerprint density at radius 3 is 2.78 bits per heavy atom. The molecule has 1 aliphatic carbocycles. The van der Waals surface area contributed by atoms with E-state index in [1.807, 2.05) is 0 Å². The van der Waals surface area contributed by atoms with E-state index in [1.165, 1.54) is 12.5 Å². The van der Waals surface area contributed by atoms with Crippen LogP contribution in [0.4, 0.5) is 0 Å². The molecule has 0 radical (unpaired) electrons. The molecule has 1 aliphatic heterocycles. The summed E-state index contributed by atoms with van der Waals surface area (Å²) in [5.41, 5.74) is 0.491. The van der Waals surface area contributed by atoms with Crippen molar-refractivity contribution in [2.24, 2.45) is 0 Å². The molecule has 5 heteroatoms. The number of carbonyl (C=O) groups is 1. The summed E-state index contributed by atoms with van der Waals surface area (Å²) in [6, 6.07) is 2.18. The van der Waals surface area contributed by atoms with E-state index in [-0.39, 0.29) is 12.1 Å². The normalized spacial score (nSPS) is 28.7. The molecule has 3 rings (SSSR count). The van der Waals surface area contributed by atoms with Crippen molar-refractivity contribution in [2.75, 3.05) is 26.3 Å². The molecule has 2 heterocycles. The van der Waals surface area contributed by atoms with Crippen molar-refractivity contribution in [1.29, 1.82) is 0 Å². The standard InChI is InChI=1S/C13H17NO4/c15-13(10-1-4-17-9-10)18-12-7-11(8-12)14-2-5-16-6-3-14/h1,4,9,11-12H,2-3,5-8H2. The number of carbonyl (C=O) groups excluding carboxylic acids is 1. The zero-order chi connectivity index (χ0) is 12.4. The summed E-state index contributed by atoms with van der Waals surface area (Å²) in [5, 5.41) is 0. The number of hydrogen-bond donors (Lipinski definition) is 0. The van der Waals surface area contributed by atoms with Crippen LogP contribution in [0.2, 0.25) is 0 Å². The molecule has 0 aromatic carbocycles. The summed E-state index contributed by atoms with van der Waals surface area (Å²) in [7, 11) is 0. The number of hydrogen-bond acceptors (Lipinski definition) is 5. The molecule has 0 N–H and O–H groups in total. The van der Waals surface area contributed by atoms with Gasteiger partial charge in [-0.1, -0.05) is 0 Å². The van der Waals surface area contributed by atoms with Gasteiger partial charge in [-0.2, -0.15) is 0 Å². The summed E-state index contributed by atoms with van der Waals surface area (Å²) < 4.78 is 15.6. The van der Waals surface area contributed by atoms with E-state index < -0.39 is 0 Å². The first-order valence-electron chi connectivity index (χ1n) is 6.38. The lowest BCUT2D eigenvalue weighted by Crippen LogP contribution is -2.52. The fourth-order valence-electron chi connectivity index (χ4n) is 2.47. The number of rotatable bonds is 3. The largest absolute Gasteiger partial charge is 0.472 e. The first kappa shape index (κ1) is 11.7. The highest BCUT2D eigenvalue weighted by molar-refractivity contribution is 5.89. The molecular formula is C13H17NO4. The van der Waals surface area contributed by atoms with Crippen LogP contribution in [-0.4, -0.2) is 49.3 Å². The number of nitrogens with zero attached hydrogens (tertiary/aromatic N) is 1. The van der Waals surface area contributed by atoms with Crippen LogP contribution in [0.1, 0.15) is 23.2 Å². The number of ether oxygens (including phenoxy) is 2. The van der Waals surface area contributed by atoms with Gasteiger partial charge in [0.05, 0.1) is 25.0 Å². The van der Waals surface area contributed by atoms with Gasteiger partial charge in [0.25, 0.3) is 0 Å². The Morgan fingerprint density at radius 1 is 1.33 bits per heavy atom. The van der Waals surface area contributed by atoms with Crippen molar-refractivity contribution < 1.29 is 18.7 Å². The SMILES string of the molecule is O=C(OC1CC(N2CCOCC2)C1)c1ccoc1.